The van der Waals surface area contributed by atoms with Gasteiger partial charge < -0.3 is 4.52 Å². The highest BCUT2D eigenvalue weighted by atomic mass is 32.2. The lowest BCUT2D eigenvalue weighted by Crippen LogP contribution is -2.30. The van der Waals surface area contributed by atoms with Gasteiger partial charge in [0.25, 0.3) is 0 Å². The second kappa shape index (κ2) is 7.08. The Balaban J connectivity index is 1.65. The van der Waals surface area contributed by atoms with Crippen molar-refractivity contribution in [3.05, 3.63) is 41.8 Å². The SMILES string of the molecule is CCS(=O)(=O)N1CC(c2cccnc2)C(c2nc(C3CCCC3)no2)C1. The molecular weight excluding hydrogens is 352 g/mol. The van der Waals surface area contributed by atoms with E-state index in [0.717, 1.165) is 24.2 Å². The molecule has 1 aliphatic carbocycles. The Kier molecular flexibility index (Phi) is 4.79. The molecule has 1 saturated carbocycles. The summed E-state index contributed by atoms with van der Waals surface area (Å²) in [5.41, 5.74) is 1.01. The van der Waals surface area contributed by atoms with Crippen LogP contribution in [0.25, 0.3) is 0 Å². The first-order valence-electron chi connectivity index (χ1n) is 9.29. The van der Waals surface area contributed by atoms with Crippen LogP contribution in [0.3, 0.4) is 0 Å². The van der Waals surface area contributed by atoms with Crippen LogP contribution in [0.1, 0.15) is 67.6 Å². The molecule has 0 amide bonds. The van der Waals surface area contributed by atoms with Crippen LogP contribution in [0.15, 0.2) is 29.0 Å². The molecule has 0 aromatic carbocycles. The summed E-state index contributed by atoms with van der Waals surface area (Å²) in [6.45, 7) is 2.47. The first kappa shape index (κ1) is 17.6. The average molecular weight is 376 g/mol. The molecule has 0 spiro atoms. The molecule has 7 nitrogen and oxygen atoms in total. The van der Waals surface area contributed by atoms with Gasteiger partial charge in [0.2, 0.25) is 15.9 Å². The van der Waals surface area contributed by atoms with Gasteiger partial charge in [-0.1, -0.05) is 24.1 Å². The number of rotatable bonds is 5. The van der Waals surface area contributed by atoms with Crippen molar-refractivity contribution in [1.82, 2.24) is 19.4 Å². The smallest absolute Gasteiger partial charge is 0.231 e. The fourth-order valence-corrected chi connectivity index (χ4v) is 5.25. The maximum atomic E-state index is 12.4. The van der Waals surface area contributed by atoms with E-state index < -0.39 is 10.0 Å². The molecule has 2 aliphatic rings. The Labute approximate surface area is 153 Å². The number of hydrogen-bond acceptors (Lipinski definition) is 6. The van der Waals surface area contributed by atoms with Crippen molar-refractivity contribution < 1.29 is 12.9 Å². The molecule has 3 heterocycles. The van der Waals surface area contributed by atoms with Gasteiger partial charge in [0.05, 0.1) is 11.7 Å². The van der Waals surface area contributed by atoms with E-state index in [1.165, 1.54) is 12.8 Å². The molecule has 1 saturated heterocycles. The van der Waals surface area contributed by atoms with Gasteiger partial charge in [0.1, 0.15) is 0 Å². The third kappa shape index (κ3) is 3.27. The lowest BCUT2D eigenvalue weighted by Gasteiger charge is -2.15. The maximum Gasteiger partial charge on any atom is 0.231 e. The van der Waals surface area contributed by atoms with Crippen LogP contribution in [0.2, 0.25) is 0 Å². The fourth-order valence-electron chi connectivity index (χ4n) is 4.11. The van der Waals surface area contributed by atoms with E-state index in [1.807, 2.05) is 12.1 Å². The Morgan fingerprint density at radius 2 is 2.00 bits per heavy atom. The Hall–Kier alpha value is -1.80. The minimum absolute atomic E-state index is 0.0260. The van der Waals surface area contributed by atoms with E-state index >= 15 is 0 Å². The standard InChI is InChI=1S/C18H24N4O3S/c1-2-26(23,24)22-11-15(14-8-5-9-19-10-14)16(12-22)18-20-17(21-25-18)13-6-3-4-7-13/h5,8-10,13,15-16H,2-4,6-7,11-12H2,1H3. The highest BCUT2D eigenvalue weighted by Crippen LogP contribution is 2.41. The van der Waals surface area contributed by atoms with Crippen LogP contribution in [0, 0.1) is 0 Å². The number of pyridine rings is 1. The number of hydrogen-bond donors (Lipinski definition) is 0. The van der Waals surface area contributed by atoms with E-state index in [1.54, 1.807) is 23.6 Å². The first-order chi connectivity index (χ1) is 12.6. The number of aromatic nitrogens is 3. The average Bonchev–Trinajstić information content (AvgIpc) is 3.41. The molecule has 26 heavy (non-hydrogen) atoms. The van der Waals surface area contributed by atoms with Crippen LogP contribution in [-0.4, -0.2) is 46.7 Å². The van der Waals surface area contributed by atoms with E-state index in [-0.39, 0.29) is 17.6 Å². The third-order valence-corrected chi connectivity index (χ3v) is 7.47. The van der Waals surface area contributed by atoms with Crippen molar-refractivity contribution in [3.8, 4) is 0 Å². The third-order valence-electron chi connectivity index (χ3n) is 5.65. The van der Waals surface area contributed by atoms with Crippen molar-refractivity contribution >= 4 is 10.0 Å². The highest BCUT2D eigenvalue weighted by Gasteiger charge is 2.42. The summed E-state index contributed by atoms with van der Waals surface area (Å²) in [6, 6.07) is 3.86. The minimum Gasteiger partial charge on any atom is -0.339 e. The van der Waals surface area contributed by atoms with Crippen LogP contribution in [0.5, 0.6) is 0 Å². The van der Waals surface area contributed by atoms with E-state index in [2.05, 4.69) is 15.1 Å². The van der Waals surface area contributed by atoms with E-state index in [0.29, 0.717) is 24.9 Å². The van der Waals surface area contributed by atoms with Gasteiger partial charge in [-0.15, -0.1) is 0 Å². The number of nitrogens with zero attached hydrogens (tertiary/aromatic N) is 4. The summed E-state index contributed by atoms with van der Waals surface area (Å²) >= 11 is 0. The lowest BCUT2D eigenvalue weighted by molar-refractivity contribution is 0.342. The zero-order valence-corrected chi connectivity index (χ0v) is 15.7. The van der Waals surface area contributed by atoms with Crippen molar-refractivity contribution in [1.29, 1.82) is 0 Å². The predicted molar refractivity (Wildman–Crippen MR) is 96.3 cm³/mol. The van der Waals surface area contributed by atoms with Crippen LogP contribution in [0.4, 0.5) is 0 Å². The Bertz CT molecular complexity index is 846. The van der Waals surface area contributed by atoms with Crippen molar-refractivity contribution in [3.63, 3.8) is 0 Å². The molecule has 8 heteroatoms. The van der Waals surface area contributed by atoms with Gasteiger partial charge in [-0.05, 0) is 31.4 Å². The molecule has 1 aliphatic heterocycles. The van der Waals surface area contributed by atoms with Crippen molar-refractivity contribution in [2.45, 2.75) is 50.4 Å². The summed E-state index contributed by atoms with van der Waals surface area (Å²) < 4.78 is 32.0. The molecule has 2 atom stereocenters. The molecule has 4 rings (SSSR count). The Morgan fingerprint density at radius 1 is 1.23 bits per heavy atom. The van der Waals surface area contributed by atoms with E-state index in [4.69, 9.17) is 4.52 Å². The topological polar surface area (TPSA) is 89.2 Å². The van der Waals surface area contributed by atoms with Crippen LogP contribution >= 0.6 is 0 Å². The molecule has 2 unspecified atom stereocenters. The monoisotopic (exact) mass is 376 g/mol. The summed E-state index contributed by atoms with van der Waals surface area (Å²) in [5, 5.41) is 4.21. The second-order valence-electron chi connectivity index (χ2n) is 7.19. The predicted octanol–water partition coefficient (Wildman–Crippen LogP) is 2.65. The van der Waals surface area contributed by atoms with Crippen LogP contribution < -0.4 is 0 Å². The zero-order valence-electron chi connectivity index (χ0n) is 14.9. The van der Waals surface area contributed by atoms with Gasteiger partial charge in [0, 0.05) is 37.3 Å². The lowest BCUT2D eigenvalue weighted by atomic mass is 9.90. The fraction of sp³-hybridized carbons (Fsp3) is 0.611. The summed E-state index contributed by atoms with van der Waals surface area (Å²) in [7, 11) is -3.27. The van der Waals surface area contributed by atoms with Crippen LogP contribution in [-0.2, 0) is 10.0 Å². The highest BCUT2D eigenvalue weighted by molar-refractivity contribution is 7.89. The van der Waals surface area contributed by atoms with Gasteiger partial charge in [0.15, 0.2) is 5.82 Å². The van der Waals surface area contributed by atoms with Gasteiger partial charge in [-0.3, -0.25) is 4.98 Å². The van der Waals surface area contributed by atoms with Crippen molar-refractivity contribution in [2.24, 2.45) is 0 Å². The van der Waals surface area contributed by atoms with E-state index in [9.17, 15) is 8.42 Å². The molecule has 0 radical (unpaired) electrons. The van der Waals surface area contributed by atoms with Gasteiger partial charge >= 0.3 is 0 Å². The molecular formula is C18H24N4O3S. The summed E-state index contributed by atoms with van der Waals surface area (Å²) in [5.74, 6) is 1.64. The number of sulfonamides is 1. The maximum absolute atomic E-state index is 12.4. The van der Waals surface area contributed by atoms with Gasteiger partial charge in [-0.2, -0.15) is 4.98 Å². The molecule has 2 fully saturated rings. The molecule has 0 N–H and O–H groups in total. The normalized spacial score (nSPS) is 25.1. The van der Waals surface area contributed by atoms with Crippen molar-refractivity contribution in [2.75, 3.05) is 18.8 Å². The summed E-state index contributed by atoms with van der Waals surface area (Å²) in [6.07, 6.45) is 8.14. The zero-order chi connectivity index (χ0) is 18.1. The Morgan fingerprint density at radius 3 is 2.69 bits per heavy atom. The molecule has 2 aromatic heterocycles. The molecule has 2 aromatic rings. The molecule has 0 bridgehead atoms. The quantitative estimate of drug-likeness (QED) is 0.797. The largest absolute Gasteiger partial charge is 0.339 e. The summed E-state index contributed by atoms with van der Waals surface area (Å²) in [4.78, 5) is 8.87. The minimum atomic E-state index is -3.27. The first-order valence-corrected chi connectivity index (χ1v) is 10.9. The van der Waals surface area contributed by atoms with Gasteiger partial charge in [-0.25, -0.2) is 12.7 Å². The molecule has 140 valence electrons. The second-order valence-corrected chi connectivity index (χ2v) is 9.45.